The van der Waals surface area contributed by atoms with Gasteiger partial charge in [-0.05, 0) is 29.8 Å². The van der Waals surface area contributed by atoms with Crippen LogP contribution in [0.15, 0.2) is 48.7 Å². The highest BCUT2D eigenvalue weighted by Gasteiger charge is 2.08. The van der Waals surface area contributed by atoms with Gasteiger partial charge in [-0.2, -0.15) is 0 Å². The highest BCUT2D eigenvalue weighted by Crippen LogP contribution is 2.19. The molecule has 0 radical (unpaired) electrons. The van der Waals surface area contributed by atoms with E-state index in [9.17, 15) is 0 Å². The average molecular weight is 219 g/mol. The van der Waals surface area contributed by atoms with Crippen molar-refractivity contribution in [2.45, 2.75) is 6.04 Å². The van der Waals surface area contributed by atoms with Gasteiger partial charge in [0.1, 0.15) is 0 Å². The Labute approximate surface area is 93.7 Å². The third-order valence-electron chi connectivity index (χ3n) is 2.24. The van der Waals surface area contributed by atoms with Crippen molar-refractivity contribution in [1.82, 2.24) is 4.98 Å². The molecular formula is C12H11ClN2. The zero-order valence-corrected chi connectivity index (χ0v) is 8.85. The summed E-state index contributed by atoms with van der Waals surface area (Å²) in [7, 11) is 0. The number of halogens is 1. The van der Waals surface area contributed by atoms with Crippen LogP contribution < -0.4 is 5.73 Å². The van der Waals surface area contributed by atoms with Gasteiger partial charge in [-0.15, -0.1) is 0 Å². The van der Waals surface area contributed by atoms with Crippen molar-refractivity contribution < 1.29 is 0 Å². The van der Waals surface area contributed by atoms with Crippen LogP contribution in [0.3, 0.4) is 0 Å². The lowest BCUT2D eigenvalue weighted by Gasteiger charge is -2.10. The maximum absolute atomic E-state index is 6.06. The Balaban J connectivity index is 2.29. The minimum Gasteiger partial charge on any atom is -0.319 e. The first-order valence-electron chi connectivity index (χ1n) is 4.69. The van der Waals surface area contributed by atoms with Crippen LogP contribution >= 0.6 is 11.6 Å². The molecule has 0 saturated carbocycles. The highest BCUT2D eigenvalue weighted by atomic mass is 35.5. The molecule has 1 aromatic carbocycles. The first-order chi connectivity index (χ1) is 7.27. The number of pyridine rings is 1. The fourth-order valence-electron chi connectivity index (χ4n) is 1.40. The summed E-state index contributed by atoms with van der Waals surface area (Å²) in [6.45, 7) is 0. The lowest BCUT2D eigenvalue weighted by Crippen LogP contribution is -2.12. The molecule has 76 valence electrons. The van der Waals surface area contributed by atoms with Gasteiger partial charge in [0.2, 0.25) is 0 Å². The predicted octanol–water partition coefficient (Wildman–Crippen LogP) is 2.78. The molecule has 0 saturated heterocycles. The van der Waals surface area contributed by atoms with E-state index in [0.29, 0.717) is 5.02 Å². The number of nitrogens with two attached hydrogens (primary N) is 1. The molecule has 1 heterocycles. The minimum atomic E-state index is -0.191. The molecule has 2 rings (SSSR count). The van der Waals surface area contributed by atoms with Crippen LogP contribution in [0.25, 0.3) is 0 Å². The van der Waals surface area contributed by atoms with Crippen molar-refractivity contribution in [3.05, 3.63) is 64.9 Å². The molecule has 0 aliphatic rings. The Hall–Kier alpha value is -1.38. The molecule has 3 heteroatoms. The van der Waals surface area contributed by atoms with Crippen molar-refractivity contribution in [3.8, 4) is 0 Å². The molecule has 0 spiro atoms. The van der Waals surface area contributed by atoms with Crippen molar-refractivity contribution >= 4 is 11.6 Å². The first-order valence-corrected chi connectivity index (χ1v) is 5.07. The topological polar surface area (TPSA) is 38.9 Å². The summed E-state index contributed by atoms with van der Waals surface area (Å²) in [5, 5.41) is 0.715. The number of nitrogens with zero attached hydrogens (tertiary/aromatic N) is 1. The van der Waals surface area contributed by atoms with Gasteiger partial charge in [0, 0.05) is 11.2 Å². The second kappa shape index (κ2) is 4.43. The summed E-state index contributed by atoms with van der Waals surface area (Å²) >= 11 is 5.81. The molecular weight excluding hydrogens is 208 g/mol. The fraction of sp³-hybridized carbons (Fsp3) is 0.0833. The average Bonchev–Trinajstić information content (AvgIpc) is 2.30. The van der Waals surface area contributed by atoms with Gasteiger partial charge in [-0.1, -0.05) is 29.8 Å². The van der Waals surface area contributed by atoms with E-state index in [1.807, 2.05) is 42.5 Å². The van der Waals surface area contributed by atoms with Crippen LogP contribution in [-0.2, 0) is 0 Å². The molecule has 0 fully saturated rings. The number of rotatable bonds is 2. The van der Waals surface area contributed by atoms with Gasteiger partial charge >= 0.3 is 0 Å². The summed E-state index contributed by atoms with van der Waals surface area (Å²) in [5.74, 6) is 0. The summed E-state index contributed by atoms with van der Waals surface area (Å²) in [5.41, 5.74) is 7.93. The minimum absolute atomic E-state index is 0.191. The van der Waals surface area contributed by atoms with E-state index in [1.165, 1.54) is 0 Å². The number of hydrogen-bond donors (Lipinski definition) is 1. The molecule has 0 bridgehead atoms. The van der Waals surface area contributed by atoms with E-state index in [-0.39, 0.29) is 6.04 Å². The van der Waals surface area contributed by atoms with Crippen molar-refractivity contribution in [3.63, 3.8) is 0 Å². The molecule has 0 amide bonds. The van der Waals surface area contributed by atoms with Gasteiger partial charge in [-0.25, -0.2) is 0 Å². The van der Waals surface area contributed by atoms with Crippen LogP contribution in [-0.4, -0.2) is 4.98 Å². The number of aromatic nitrogens is 1. The van der Waals surface area contributed by atoms with E-state index in [2.05, 4.69) is 4.98 Å². The maximum Gasteiger partial charge on any atom is 0.0726 e. The molecule has 1 atom stereocenters. The normalized spacial score (nSPS) is 12.4. The van der Waals surface area contributed by atoms with Crippen LogP contribution in [0.1, 0.15) is 17.3 Å². The lowest BCUT2D eigenvalue weighted by molar-refractivity contribution is 0.829. The highest BCUT2D eigenvalue weighted by molar-refractivity contribution is 6.30. The standard InChI is InChI=1S/C12H11ClN2/c13-10-6-4-9(5-7-10)12(14)11-3-1-2-8-15-11/h1-8,12H,14H2. The predicted molar refractivity (Wildman–Crippen MR) is 61.7 cm³/mol. The van der Waals surface area contributed by atoms with Crippen molar-refractivity contribution in [1.29, 1.82) is 0 Å². The van der Waals surface area contributed by atoms with Gasteiger partial charge in [-0.3, -0.25) is 4.98 Å². The van der Waals surface area contributed by atoms with Crippen LogP contribution in [0, 0.1) is 0 Å². The Kier molecular flexibility index (Phi) is 2.99. The van der Waals surface area contributed by atoms with Gasteiger partial charge in [0.05, 0.1) is 11.7 Å². The molecule has 1 unspecified atom stereocenters. The maximum atomic E-state index is 6.06. The summed E-state index contributed by atoms with van der Waals surface area (Å²) in [6.07, 6.45) is 1.74. The van der Waals surface area contributed by atoms with E-state index in [4.69, 9.17) is 17.3 Å². The van der Waals surface area contributed by atoms with Gasteiger partial charge in [0.15, 0.2) is 0 Å². The van der Waals surface area contributed by atoms with Gasteiger partial charge < -0.3 is 5.73 Å². The van der Waals surface area contributed by atoms with Crippen LogP contribution in [0.2, 0.25) is 5.02 Å². The van der Waals surface area contributed by atoms with E-state index >= 15 is 0 Å². The third-order valence-corrected chi connectivity index (χ3v) is 2.49. The van der Waals surface area contributed by atoms with E-state index in [1.54, 1.807) is 6.20 Å². The Morgan fingerprint density at radius 2 is 1.80 bits per heavy atom. The van der Waals surface area contributed by atoms with Crippen molar-refractivity contribution in [2.75, 3.05) is 0 Å². The Morgan fingerprint density at radius 1 is 1.07 bits per heavy atom. The monoisotopic (exact) mass is 218 g/mol. The zero-order chi connectivity index (χ0) is 10.7. The second-order valence-electron chi connectivity index (χ2n) is 3.28. The Bertz CT molecular complexity index is 425. The molecule has 2 aromatic rings. The molecule has 2 nitrogen and oxygen atoms in total. The van der Waals surface area contributed by atoms with Crippen molar-refractivity contribution in [2.24, 2.45) is 5.73 Å². The second-order valence-corrected chi connectivity index (χ2v) is 3.72. The molecule has 0 aliphatic heterocycles. The van der Waals surface area contributed by atoms with Gasteiger partial charge in [0.25, 0.3) is 0 Å². The van der Waals surface area contributed by atoms with E-state index < -0.39 is 0 Å². The quantitative estimate of drug-likeness (QED) is 0.842. The molecule has 2 N–H and O–H groups in total. The van der Waals surface area contributed by atoms with Crippen LogP contribution in [0.4, 0.5) is 0 Å². The zero-order valence-electron chi connectivity index (χ0n) is 8.10. The van der Waals surface area contributed by atoms with Crippen LogP contribution in [0.5, 0.6) is 0 Å². The summed E-state index contributed by atoms with van der Waals surface area (Å²) in [4.78, 5) is 4.22. The summed E-state index contributed by atoms with van der Waals surface area (Å²) in [6, 6.07) is 13.0. The largest absolute Gasteiger partial charge is 0.319 e. The first kappa shape index (κ1) is 10.1. The smallest absolute Gasteiger partial charge is 0.0726 e. The summed E-state index contributed by atoms with van der Waals surface area (Å²) < 4.78 is 0. The lowest BCUT2D eigenvalue weighted by atomic mass is 10.0. The fourth-order valence-corrected chi connectivity index (χ4v) is 1.53. The number of hydrogen-bond acceptors (Lipinski definition) is 2. The Morgan fingerprint density at radius 3 is 2.40 bits per heavy atom. The molecule has 0 aliphatic carbocycles. The van der Waals surface area contributed by atoms with E-state index in [0.717, 1.165) is 11.3 Å². The molecule has 1 aromatic heterocycles. The molecule has 15 heavy (non-hydrogen) atoms. The number of benzene rings is 1. The SMILES string of the molecule is NC(c1ccc(Cl)cc1)c1ccccn1. The third kappa shape index (κ3) is 2.35.